The lowest BCUT2D eigenvalue weighted by Gasteiger charge is -2.25. The molecule has 0 bridgehead atoms. The molecule has 1 aliphatic rings. The summed E-state index contributed by atoms with van der Waals surface area (Å²) in [4.78, 5) is 13.4. The van der Waals surface area contributed by atoms with Crippen LogP contribution in [-0.4, -0.2) is 29.9 Å². The lowest BCUT2D eigenvalue weighted by atomic mass is 9.93. The van der Waals surface area contributed by atoms with Crippen molar-refractivity contribution in [2.45, 2.75) is 39.7 Å². The predicted molar refractivity (Wildman–Crippen MR) is 56.4 cm³/mol. The van der Waals surface area contributed by atoms with Crippen LogP contribution in [0.25, 0.3) is 0 Å². The van der Waals surface area contributed by atoms with Gasteiger partial charge in [0.15, 0.2) is 0 Å². The predicted octanol–water partition coefficient (Wildman–Crippen LogP) is 0.487. The minimum atomic E-state index is -0.0813. The number of carbonyl (C=O) groups excluding carboxylic acids is 1. The molecule has 0 aromatic heterocycles. The molecule has 1 rings (SSSR count). The largest absolute Gasteiger partial charge is 0.300 e. The molecule has 4 nitrogen and oxygen atoms in total. The van der Waals surface area contributed by atoms with Crippen LogP contribution in [0.4, 0.5) is 0 Å². The number of nitrogens with zero attached hydrogens (tertiary/aromatic N) is 1. The van der Waals surface area contributed by atoms with E-state index in [1.807, 2.05) is 0 Å². The Hall–Kier alpha value is -0.610. The van der Waals surface area contributed by atoms with Crippen molar-refractivity contribution in [2.24, 2.45) is 11.3 Å². The van der Waals surface area contributed by atoms with Crippen molar-refractivity contribution in [3.63, 3.8) is 0 Å². The van der Waals surface area contributed by atoms with Gasteiger partial charge in [0.25, 0.3) is 0 Å². The Morgan fingerprint density at radius 3 is 2.71 bits per heavy atom. The van der Waals surface area contributed by atoms with E-state index in [1.54, 1.807) is 0 Å². The van der Waals surface area contributed by atoms with Crippen LogP contribution in [-0.2, 0) is 4.79 Å². The third-order valence-electron chi connectivity index (χ3n) is 2.97. The van der Waals surface area contributed by atoms with Gasteiger partial charge in [-0.3, -0.25) is 15.1 Å². The Morgan fingerprint density at radius 2 is 2.29 bits per heavy atom. The summed E-state index contributed by atoms with van der Waals surface area (Å²) in [6, 6.07) is 0.292. The first kappa shape index (κ1) is 11.5. The van der Waals surface area contributed by atoms with Gasteiger partial charge in [0, 0.05) is 19.0 Å². The fourth-order valence-electron chi connectivity index (χ4n) is 1.99. The number of hydrazine groups is 1. The molecule has 0 radical (unpaired) electrons. The summed E-state index contributed by atoms with van der Waals surface area (Å²) in [5.74, 6) is 4.97. The minimum Gasteiger partial charge on any atom is -0.300 e. The molecular formula is C10H21N3O. The van der Waals surface area contributed by atoms with Crippen molar-refractivity contribution in [1.29, 1.82) is 0 Å². The highest BCUT2D eigenvalue weighted by molar-refractivity contribution is 5.75. The third kappa shape index (κ3) is 2.96. The van der Waals surface area contributed by atoms with E-state index in [1.165, 1.54) is 6.42 Å². The van der Waals surface area contributed by atoms with E-state index in [4.69, 9.17) is 5.84 Å². The zero-order valence-corrected chi connectivity index (χ0v) is 9.34. The molecule has 0 aromatic carbocycles. The highest BCUT2D eigenvalue weighted by Gasteiger charge is 2.32. The van der Waals surface area contributed by atoms with E-state index >= 15 is 0 Å². The number of hydrogen-bond donors (Lipinski definition) is 2. The Balaban J connectivity index is 2.39. The van der Waals surface area contributed by atoms with Gasteiger partial charge in [-0.05, 0) is 25.3 Å². The van der Waals surface area contributed by atoms with Crippen LogP contribution in [0.3, 0.4) is 0 Å². The Labute approximate surface area is 85.8 Å². The summed E-state index contributed by atoms with van der Waals surface area (Å²) in [6.07, 6.45) is 1.70. The van der Waals surface area contributed by atoms with E-state index in [0.29, 0.717) is 17.9 Å². The van der Waals surface area contributed by atoms with Crippen molar-refractivity contribution in [2.75, 3.05) is 13.1 Å². The Morgan fingerprint density at radius 1 is 1.64 bits per heavy atom. The van der Waals surface area contributed by atoms with E-state index in [-0.39, 0.29) is 5.91 Å². The first-order valence-electron chi connectivity index (χ1n) is 5.18. The number of hydrogen-bond acceptors (Lipinski definition) is 3. The van der Waals surface area contributed by atoms with Gasteiger partial charge in [0.05, 0.1) is 0 Å². The Kier molecular flexibility index (Phi) is 3.50. The molecule has 0 saturated carbocycles. The fourth-order valence-corrected chi connectivity index (χ4v) is 1.99. The van der Waals surface area contributed by atoms with Gasteiger partial charge in [-0.2, -0.15) is 0 Å². The van der Waals surface area contributed by atoms with E-state index in [0.717, 1.165) is 13.1 Å². The molecule has 82 valence electrons. The quantitative estimate of drug-likeness (QED) is 0.395. The maximum atomic E-state index is 11.1. The molecule has 1 unspecified atom stereocenters. The van der Waals surface area contributed by atoms with Gasteiger partial charge in [0.1, 0.15) is 0 Å². The molecule has 14 heavy (non-hydrogen) atoms. The van der Waals surface area contributed by atoms with Crippen molar-refractivity contribution >= 4 is 5.91 Å². The van der Waals surface area contributed by atoms with Crippen molar-refractivity contribution < 1.29 is 4.79 Å². The first-order valence-corrected chi connectivity index (χ1v) is 5.18. The number of amides is 1. The zero-order valence-electron chi connectivity index (χ0n) is 9.34. The van der Waals surface area contributed by atoms with Crippen LogP contribution >= 0.6 is 0 Å². The number of nitrogens with two attached hydrogens (primary N) is 1. The van der Waals surface area contributed by atoms with Crippen molar-refractivity contribution in [3.8, 4) is 0 Å². The maximum Gasteiger partial charge on any atom is 0.235 e. The van der Waals surface area contributed by atoms with E-state index < -0.39 is 0 Å². The molecule has 1 aliphatic heterocycles. The van der Waals surface area contributed by atoms with Crippen LogP contribution < -0.4 is 11.3 Å². The SMILES string of the molecule is CC(CC(=O)NN)N1CCC(C)(C)C1. The van der Waals surface area contributed by atoms with Crippen LogP contribution in [0.1, 0.15) is 33.6 Å². The highest BCUT2D eigenvalue weighted by atomic mass is 16.2. The molecule has 0 aliphatic carbocycles. The number of carbonyl (C=O) groups is 1. The number of likely N-dealkylation sites (tertiary alicyclic amines) is 1. The van der Waals surface area contributed by atoms with Gasteiger partial charge < -0.3 is 0 Å². The fraction of sp³-hybridized carbons (Fsp3) is 0.900. The van der Waals surface area contributed by atoms with Crippen LogP contribution in [0.2, 0.25) is 0 Å². The maximum absolute atomic E-state index is 11.1. The van der Waals surface area contributed by atoms with Crippen LogP contribution in [0.5, 0.6) is 0 Å². The second-order valence-electron chi connectivity index (χ2n) is 5.01. The Bertz CT molecular complexity index is 215. The summed E-state index contributed by atoms with van der Waals surface area (Å²) in [7, 11) is 0. The average molecular weight is 199 g/mol. The zero-order chi connectivity index (χ0) is 10.8. The number of nitrogens with one attached hydrogen (secondary N) is 1. The smallest absolute Gasteiger partial charge is 0.235 e. The summed E-state index contributed by atoms with van der Waals surface area (Å²) in [5.41, 5.74) is 2.57. The molecule has 0 spiro atoms. The molecule has 1 fully saturated rings. The average Bonchev–Trinajstić information content (AvgIpc) is 2.46. The molecule has 1 atom stereocenters. The normalized spacial score (nSPS) is 23.4. The molecule has 1 amide bonds. The second kappa shape index (κ2) is 4.28. The molecular weight excluding hydrogens is 178 g/mol. The van der Waals surface area contributed by atoms with Crippen molar-refractivity contribution in [1.82, 2.24) is 10.3 Å². The number of rotatable bonds is 3. The molecule has 1 saturated heterocycles. The molecule has 1 heterocycles. The van der Waals surface area contributed by atoms with Crippen LogP contribution in [0, 0.1) is 5.41 Å². The van der Waals surface area contributed by atoms with Gasteiger partial charge in [-0.1, -0.05) is 13.8 Å². The van der Waals surface area contributed by atoms with Gasteiger partial charge in [-0.25, -0.2) is 5.84 Å². The topological polar surface area (TPSA) is 58.4 Å². The minimum absolute atomic E-state index is 0.0813. The summed E-state index contributed by atoms with van der Waals surface area (Å²) < 4.78 is 0. The molecule has 0 aromatic rings. The summed E-state index contributed by atoms with van der Waals surface area (Å²) in [5, 5.41) is 0. The standard InChI is InChI=1S/C10H21N3O/c1-8(6-9(14)12-11)13-5-4-10(2,3)7-13/h8H,4-7,11H2,1-3H3,(H,12,14). The van der Waals surface area contributed by atoms with E-state index in [9.17, 15) is 4.79 Å². The van der Waals surface area contributed by atoms with Gasteiger partial charge >= 0.3 is 0 Å². The first-order chi connectivity index (χ1) is 6.44. The van der Waals surface area contributed by atoms with Crippen LogP contribution in [0.15, 0.2) is 0 Å². The monoisotopic (exact) mass is 199 g/mol. The second-order valence-corrected chi connectivity index (χ2v) is 5.01. The highest BCUT2D eigenvalue weighted by Crippen LogP contribution is 2.30. The third-order valence-corrected chi connectivity index (χ3v) is 2.97. The van der Waals surface area contributed by atoms with Gasteiger partial charge in [0.2, 0.25) is 5.91 Å². The summed E-state index contributed by atoms with van der Waals surface area (Å²) >= 11 is 0. The van der Waals surface area contributed by atoms with Crippen molar-refractivity contribution in [3.05, 3.63) is 0 Å². The van der Waals surface area contributed by atoms with Gasteiger partial charge in [-0.15, -0.1) is 0 Å². The summed E-state index contributed by atoms with van der Waals surface area (Å²) in [6.45, 7) is 8.78. The molecule has 4 heteroatoms. The lowest BCUT2D eigenvalue weighted by molar-refractivity contribution is -0.122. The molecule has 3 N–H and O–H groups in total. The van der Waals surface area contributed by atoms with E-state index in [2.05, 4.69) is 31.1 Å². The lowest BCUT2D eigenvalue weighted by Crippen LogP contribution is -2.39.